The van der Waals surface area contributed by atoms with Crippen molar-refractivity contribution in [3.05, 3.63) is 21.3 Å². The highest BCUT2D eigenvalue weighted by molar-refractivity contribution is 7.16. The number of rotatable bonds is 4. The molecule has 1 saturated carbocycles. The van der Waals surface area contributed by atoms with E-state index in [1.165, 1.54) is 43.4 Å². The van der Waals surface area contributed by atoms with Crippen molar-refractivity contribution in [1.29, 1.82) is 0 Å². The van der Waals surface area contributed by atoms with Crippen molar-refractivity contribution in [2.24, 2.45) is 5.92 Å². The van der Waals surface area contributed by atoms with Crippen LogP contribution in [0, 0.1) is 5.92 Å². The predicted molar refractivity (Wildman–Crippen MR) is 82.9 cm³/mol. The van der Waals surface area contributed by atoms with E-state index in [4.69, 9.17) is 11.6 Å². The molecule has 0 aromatic carbocycles. The van der Waals surface area contributed by atoms with Gasteiger partial charge in [-0.1, -0.05) is 24.4 Å². The molecule has 4 heteroatoms. The minimum atomic E-state index is 0.662. The molecule has 2 aliphatic rings. The summed E-state index contributed by atoms with van der Waals surface area (Å²) in [5.74, 6) is 0.959. The van der Waals surface area contributed by atoms with Crippen molar-refractivity contribution in [3.63, 3.8) is 0 Å². The van der Waals surface area contributed by atoms with Gasteiger partial charge < -0.3 is 10.6 Å². The molecule has 2 nitrogen and oxygen atoms in total. The lowest BCUT2D eigenvalue weighted by molar-refractivity contribution is 0.174. The standard InChI is InChI=1S/C15H23ClN2S/c16-15-8-7-13(19-15)10-17-9-12-6-5-11-3-1-2-4-14(11)18-12/h7-8,11-12,14,17-18H,1-6,9-10H2. The monoisotopic (exact) mass is 298 g/mol. The zero-order valence-corrected chi connectivity index (χ0v) is 12.9. The van der Waals surface area contributed by atoms with Crippen LogP contribution in [0.4, 0.5) is 0 Å². The molecule has 1 aliphatic carbocycles. The van der Waals surface area contributed by atoms with Crippen LogP contribution in [0.25, 0.3) is 0 Å². The SMILES string of the molecule is Clc1ccc(CNCC2CCC3CCCCC3N2)s1. The average molecular weight is 299 g/mol. The lowest BCUT2D eigenvalue weighted by atomic mass is 9.78. The molecule has 0 spiro atoms. The molecular formula is C15H23ClN2S. The fourth-order valence-corrected chi connectivity index (χ4v) is 4.61. The highest BCUT2D eigenvalue weighted by Crippen LogP contribution is 2.32. The molecule has 0 amide bonds. The van der Waals surface area contributed by atoms with Gasteiger partial charge in [0, 0.05) is 30.1 Å². The van der Waals surface area contributed by atoms with Gasteiger partial charge in [-0.25, -0.2) is 0 Å². The van der Waals surface area contributed by atoms with E-state index in [-0.39, 0.29) is 0 Å². The first-order chi connectivity index (χ1) is 9.31. The maximum Gasteiger partial charge on any atom is 0.0931 e. The number of hydrogen-bond donors (Lipinski definition) is 2. The number of nitrogens with one attached hydrogen (secondary N) is 2. The molecular weight excluding hydrogens is 276 g/mol. The Balaban J connectivity index is 1.41. The van der Waals surface area contributed by atoms with Gasteiger partial charge in [0.25, 0.3) is 0 Å². The van der Waals surface area contributed by atoms with Crippen LogP contribution in [0.5, 0.6) is 0 Å². The van der Waals surface area contributed by atoms with E-state index in [9.17, 15) is 0 Å². The van der Waals surface area contributed by atoms with Crippen molar-refractivity contribution in [2.45, 2.75) is 57.2 Å². The third-order valence-electron chi connectivity index (χ3n) is 4.56. The Hall–Kier alpha value is -0.0900. The summed E-state index contributed by atoms with van der Waals surface area (Å²) >= 11 is 7.62. The van der Waals surface area contributed by atoms with Gasteiger partial charge in [0.15, 0.2) is 0 Å². The highest BCUT2D eigenvalue weighted by Gasteiger charge is 2.31. The molecule has 0 radical (unpaired) electrons. The molecule has 3 rings (SSSR count). The largest absolute Gasteiger partial charge is 0.310 e. The Morgan fingerprint density at radius 3 is 2.95 bits per heavy atom. The lowest BCUT2D eigenvalue weighted by Gasteiger charge is -2.40. The van der Waals surface area contributed by atoms with Crippen LogP contribution in [0.2, 0.25) is 4.34 Å². The molecule has 2 fully saturated rings. The Kier molecular flexibility index (Phi) is 4.80. The summed E-state index contributed by atoms with van der Waals surface area (Å²) < 4.78 is 0.887. The van der Waals surface area contributed by atoms with Crippen LogP contribution in [0.1, 0.15) is 43.4 Å². The second kappa shape index (κ2) is 6.57. The van der Waals surface area contributed by atoms with Crippen molar-refractivity contribution < 1.29 is 0 Å². The van der Waals surface area contributed by atoms with Gasteiger partial charge >= 0.3 is 0 Å². The van der Waals surface area contributed by atoms with E-state index >= 15 is 0 Å². The average Bonchev–Trinajstić information content (AvgIpc) is 2.84. The predicted octanol–water partition coefficient (Wildman–Crippen LogP) is 3.80. The summed E-state index contributed by atoms with van der Waals surface area (Å²) in [6, 6.07) is 5.56. The van der Waals surface area contributed by atoms with Crippen molar-refractivity contribution in [1.82, 2.24) is 10.6 Å². The second-order valence-electron chi connectivity index (χ2n) is 5.93. The summed E-state index contributed by atoms with van der Waals surface area (Å²) in [7, 11) is 0. The Bertz CT molecular complexity index is 407. The molecule has 1 saturated heterocycles. The van der Waals surface area contributed by atoms with E-state index in [1.807, 2.05) is 6.07 Å². The van der Waals surface area contributed by atoms with Crippen LogP contribution < -0.4 is 10.6 Å². The van der Waals surface area contributed by atoms with E-state index in [2.05, 4.69) is 16.7 Å². The van der Waals surface area contributed by atoms with E-state index in [0.29, 0.717) is 6.04 Å². The molecule has 106 valence electrons. The smallest absolute Gasteiger partial charge is 0.0931 e. The van der Waals surface area contributed by atoms with Gasteiger partial charge in [-0.05, 0) is 43.7 Å². The van der Waals surface area contributed by atoms with E-state index in [0.717, 1.165) is 29.4 Å². The van der Waals surface area contributed by atoms with Crippen molar-refractivity contribution in [2.75, 3.05) is 6.54 Å². The molecule has 19 heavy (non-hydrogen) atoms. The minimum Gasteiger partial charge on any atom is -0.310 e. The summed E-state index contributed by atoms with van der Waals surface area (Å²) in [5.41, 5.74) is 0. The highest BCUT2D eigenvalue weighted by atomic mass is 35.5. The zero-order chi connectivity index (χ0) is 13.1. The second-order valence-corrected chi connectivity index (χ2v) is 7.73. The molecule has 3 unspecified atom stereocenters. The normalized spacial score (nSPS) is 31.1. The first-order valence-corrected chi connectivity index (χ1v) is 8.71. The number of hydrogen-bond acceptors (Lipinski definition) is 3. The van der Waals surface area contributed by atoms with Crippen molar-refractivity contribution in [3.8, 4) is 0 Å². The van der Waals surface area contributed by atoms with Crippen LogP contribution in [-0.4, -0.2) is 18.6 Å². The number of fused-ring (bicyclic) bond motifs is 1. The van der Waals surface area contributed by atoms with Crippen LogP contribution in [-0.2, 0) is 6.54 Å². The maximum atomic E-state index is 5.94. The summed E-state index contributed by atoms with van der Waals surface area (Å²) in [6.45, 7) is 2.03. The molecule has 1 aliphatic heterocycles. The molecule has 2 N–H and O–H groups in total. The van der Waals surface area contributed by atoms with Gasteiger partial charge in [-0.3, -0.25) is 0 Å². The Morgan fingerprint density at radius 1 is 1.21 bits per heavy atom. The van der Waals surface area contributed by atoms with Crippen LogP contribution >= 0.6 is 22.9 Å². The minimum absolute atomic E-state index is 0.662. The number of piperidine rings is 1. The molecule has 1 aromatic rings. The zero-order valence-electron chi connectivity index (χ0n) is 11.3. The van der Waals surface area contributed by atoms with Crippen LogP contribution in [0.15, 0.2) is 12.1 Å². The van der Waals surface area contributed by atoms with Gasteiger partial charge in [0.2, 0.25) is 0 Å². The van der Waals surface area contributed by atoms with E-state index in [1.54, 1.807) is 11.3 Å². The molecule has 2 heterocycles. The number of halogens is 1. The van der Waals surface area contributed by atoms with Gasteiger partial charge in [-0.15, -0.1) is 11.3 Å². The first kappa shape index (κ1) is 13.9. The Morgan fingerprint density at radius 2 is 2.11 bits per heavy atom. The fraction of sp³-hybridized carbons (Fsp3) is 0.733. The molecule has 3 atom stereocenters. The van der Waals surface area contributed by atoms with Gasteiger partial charge in [0.05, 0.1) is 4.34 Å². The summed E-state index contributed by atoms with van der Waals surface area (Å²) in [4.78, 5) is 1.33. The number of thiophene rings is 1. The van der Waals surface area contributed by atoms with E-state index < -0.39 is 0 Å². The maximum absolute atomic E-state index is 5.94. The van der Waals surface area contributed by atoms with Gasteiger partial charge in [-0.2, -0.15) is 0 Å². The molecule has 0 bridgehead atoms. The third-order valence-corrected chi connectivity index (χ3v) is 5.79. The van der Waals surface area contributed by atoms with Crippen LogP contribution in [0.3, 0.4) is 0 Å². The third kappa shape index (κ3) is 3.72. The fourth-order valence-electron chi connectivity index (χ4n) is 3.55. The lowest BCUT2D eigenvalue weighted by Crippen LogP contribution is -2.52. The first-order valence-electron chi connectivity index (χ1n) is 7.52. The van der Waals surface area contributed by atoms with Gasteiger partial charge in [0.1, 0.15) is 0 Å². The summed E-state index contributed by atoms with van der Waals surface area (Å²) in [5, 5.41) is 7.43. The quantitative estimate of drug-likeness (QED) is 0.883. The molecule has 1 aromatic heterocycles. The van der Waals surface area contributed by atoms with Crippen molar-refractivity contribution >= 4 is 22.9 Å². The topological polar surface area (TPSA) is 24.1 Å². The Labute approximate surface area is 124 Å². The summed E-state index contributed by atoms with van der Waals surface area (Å²) in [6.07, 6.45) is 8.47.